The van der Waals surface area contributed by atoms with Crippen LogP contribution >= 0.6 is 11.8 Å². The molecule has 1 aromatic rings. The van der Waals surface area contributed by atoms with Crippen molar-refractivity contribution in [2.24, 2.45) is 5.16 Å². The Morgan fingerprint density at radius 1 is 0.973 bits per heavy atom. The maximum Gasteiger partial charge on any atom is 0.284 e. The molecule has 2 aliphatic heterocycles. The lowest BCUT2D eigenvalue weighted by Crippen LogP contribution is -2.58. The van der Waals surface area contributed by atoms with Crippen LogP contribution in [0.2, 0.25) is 0 Å². The molecule has 0 amide bonds. The predicted octanol–water partition coefficient (Wildman–Crippen LogP) is -3.24. The van der Waals surface area contributed by atoms with Crippen molar-refractivity contribution >= 4 is 27.2 Å². The van der Waals surface area contributed by atoms with Gasteiger partial charge in [-0.15, -0.1) is 0 Å². The molecule has 0 spiro atoms. The number of hydrogen-bond donors (Lipinski definition) is 7. The Kier molecular flexibility index (Phi) is 10.1. The molecule has 0 unspecified atom stereocenters. The largest absolute Gasteiger partial charge is 0.714 e. The number of ether oxygens (including phenoxy) is 3. The smallest absolute Gasteiger partial charge is 0.284 e. The van der Waals surface area contributed by atoms with E-state index in [0.717, 1.165) is 0 Å². The van der Waals surface area contributed by atoms with Crippen LogP contribution in [-0.4, -0.2) is 121 Å². The number of nitrogens with zero attached hydrogens (tertiary/aromatic N) is 1. The van der Waals surface area contributed by atoms with E-state index in [-0.39, 0.29) is 17.2 Å². The summed E-state index contributed by atoms with van der Waals surface area (Å²) >= 11 is 0.599. The molecule has 0 saturated carbocycles. The molecule has 1 aromatic carbocycles. The summed E-state index contributed by atoms with van der Waals surface area (Å²) in [6, 6.07) is 5.92. The fourth-order valence-electron chi connectivity index (χ4n) is 3.59. The first kappa shape index (κ1) is 29.9. The van der Waals surface area contributed by atoms with E-state index in [4.69, 9.17) is 14.2 Å². The van der Waals surface area contributed by atoms with Crippen molar-refractivity contribution in [1.82, 2.24) is 0 Å². The van der Waals surface area contributed by atoms with Gasteiger partial charge in [0.1, 0.15) is 59.0 Å². The van der Waals surface area contributed by atoms with Crippen LogP contribution in [0.1, 0.15) is 12.5 Å². The Morgan fingerprint density at radius 2 is 1.59 bits per heavy atom. The molecule has 0 radical (unpaired) electrons. The summed E-state index contributed by atoms with van der Waals surface area (Å²) in [6.45, 7) is 0.812. The van der Waals surface area contributed by atoms with Crippen LogP contribution in [-0.2, 0) is 30.6 Å². The molecule has 10 atom stereocenters. The quantitative estimate of drug-likeness (QED) is 0.0533. The summed E-state index contributed by atoms with van der Waals surface area (Å²) in [5.74, 6) is 0.210. The van der Waals surface area contributed by atoms with Gasteiger partial charge in [-0.25, -0.2) is 0 Å². The summed E-state index contributed by atoms with van der Waals surface area (Å²) in [5.41, 5.74) is -0.840. The van der Waals surface area contributed by atoms with Crippen molar-refractivity contribution in [3.05, 3.63) is 29.8 Å². The molecule has 2 saturated heterocycles. The monoisotopic (exact) mass is 570 g/mol. The minimum atomic E-state index is -5.22. The summed E-state index contributed by atoms with van der Waals surface area (Å²) in [4.78, 5) is 0. The molecule has 210 valence electrons. The minimum Gasteiger partial charge on any atom is -0.714 e. The fourth-order valence-corrected chi connectivity index (χ4v) is 4.91. The molecule has 15 nitrogen and oxygen atoms in total. The molecule has 17 heteroatoms. The van der Waals surface area contributed by atoms with Gasteiger partial charge in [-0.2, -0.15) is 8.42 Å². The Balaban J connectivity index is 1.72. The molecular weight excluding hydrogens is 542 g/mol. The second kappa shape index (κ2) is 12.5. The van der Waals surface area contributed by atoms with E-state index < -0.39 is 77.6 Å². The average Bonchev–Trinajstić information content (AvgIpc) is 2.85. The van der Waals surface area contributed by atoms with Gasteiger partial charge in [-0.3, -0.25) is 4.28 Å². The zero-order chi connectivity index (χ0) is 27.5. The number of hydrogen-bond acceptors (Lipinski definition) is 16. The third-order valence-corrected chi connectivity index (χ3v) is 7.04. The molecule has 0 aromatic heterocycles. The van der Waals surface area contributed by atoms with E-state index in [9.17, 15) is 48.7 Å². The van der Waals surface area contributed by atoms with Crippen LogP contribution in [0.4, 0.5) is 0 Å². The average molecular weight is 571 g/mol. The van der Waals surface area contributed by atoms with Crippen LogP contribution in [0.15, 0.2) is 29.4 Å². The molecule has 0 bridgehead atoms. The fraction of sp³-hybridized carbons (Fsp3) is 0.650. The first-order valence-electron chi connectivity index (χ1n) is 10.9. The minimum absolute atomic E-state index is 0.153. The molecule has 0 aliphatic carbocycles. The number of aliphatic hydroxyl groups is 7. The first-order valence-corrected chi connectivity index (χ1v) is 13.2. The van der Waals surface area contributed by atoms with E-state index in [1.165, 1.54) is 31.2 Å². The van der Waals surface area contributed by atoms with Crippen LogP contribution in [0.25, 0.3) is 0 Å². The van der Waals surface area contributed by atoms with Crippen molar-refractivity contribution in [2.75, 3.05) is 6.61 Å². The van der Waals surface area contributed by atoms with Crippen LogP contribution < -0.4 is 4.74 Å². The zero-order valence-electron chi connectivity index (χ0n) is 19.2. The highest BCUT2D eigenvalue weighted by Gasteiger charge is 2.45. The molecule has 3 rings (SSSR count). The second-order valence-corrected chi connectivity index (χ2v) is 10.5. The summed E-state index contributed by atoms with van der Waals surface area (Å²) in [5, 5.41) is 72.4. The van der Waals surface area contributed by atoms with E-state index in [1.54, 1.807) is 0 Å². The van der Waals surface area contributed by atoms with Crippen LogP contribution in [0, 0.1) is 0 Å². The Bertz CT molecular complexity index is 1020. The van der Waals surface area contributed by atoms with Gasteiger partial charge in [0.15, 0.2) is 0 Å². The van der Waals surface area contributed by atoms with Gasteiger partial charge in [-0.1, -0.05) is 29.1 Å². The number of oxime groups is 1. The lowest BCUT2D eigenvalue weighted by Gasteiger charge is -2.39. The second-order valence-electron chi connectivity index (χ2n) is 8.40. The Hall–Kier alpha value is -1.61. The van der Waals surface area contributed by atoms with Gasteiger partial charge >= 0.3 is 0 Å². The third-order valence-electron chi connectivity index (χ3n) is 5.67. The Labute approximate surface area is 215 Å². The van der Waals surface area contributed by atoms with E-state index >= 15 is 0 Å². The van der Waals surface area contributed by atoms with Crippen molar-refractivity contribution in [3.8, 4) is 5.75 Å². The normalized spacial score (nSPS) is 37.3. The standard InChI is InChI=1S/C20H29NO14S2/c1-8-13(23)15(25)17(27)19(32-8)33-10-4-2-9(3-5-10)6-12(21-35-37(29,30)31)36-20-18(28)16(26)14(24)11(7-22)34-20/h2-5,8,11,13-20,22-28H,6-7H2,1H3,(H,29,30,31)/p-1/b21-12+/t8-,11+,13-,14+,15+,16-,17+,18+,19-,20-/m0/s1. The summed E-state index contributed by atoms with van der Waals surface area (Å²) in [7, 11) is -5.22. The third kappa shape index (κ3) is 7.71. The summed E-state index contributed by atoms with van der Waals surface area (Å²) < 4.78 is 53.0. The van der Waals surface area contributed by atoms with Gasteiger partial charge < -0.3 is 54.5 Å². The van der Waals surface area contributed by atoms with E-state index in [1.807, 2.05) is 0 Å². The maximum absolute atomic E-state index is 10.9. The van der Waals surface area contributed by atoms with Crippen LogP contribution in [0.5, 0.6) is 5.75 Å². The van der Waals surface area contributed by atoms with Crippen molar-refractivity contribution < 1.29 is 67.2 Å². The maximum atomic E-state index is 10.9. The molecule has 2 aliphatic rings. The van der Waals surface area contributed by atoms with E-state index in [2.05, 4.69) is 9.44 Å². The number of benzene rings is 1. The van der Waals surface area contributed by atoms with Gasteiger partial charge in [-0.05, 0) is 24.6 Å². The number of thioether (sulfide) groups is 1. The molecule has 37 heavy (non-hydrogen) atoms. The topological polar surface area (TPSA) is 248 Å². The highest BCUT2D eigenvalue weighted by molar-refractivity contribution is 8.14. The SMILES string of the molecule is C[C@@H]1O[C@@H](Oc2ccc(C/C(=N\OS(=O)(=O)[O-])S[C@@H]3O[C@H](CO)[C@@H](O)[C@H](O)[C@H]3O)cc2)[C@H](O)[C@H](O)[C@H]1O. The van der Waals surface area contributed by atoms with Crippen molar-refractivity contribution in [3.63, 3.8) is 0 Å². The lowest BCUT2D eigenvalue weighted by molar-refractivity contribution is -0.268. The van der Waals surface area contributed by atoms with Crippen LogP contribution in [0.3, 0.4) is 0 Å². The van der Waals surface area contributed by atoms with Gasteiger partial charge in [0, 0.05) is 6.42 Å². The van der Waals surface area contributed by atoms with Crippen molar-refractivity contribution in [1.29, 1.82) is 0 Å². The molecule has 2 fully saturated rings. The molecule has 7 N–H and O–H groups in total. The molecule has 2 heterocycles. The van der Waals surface area contributed by atoms with Gasteiger partial charge in [0.2, 0.25) is 6.29 Å². The highest BCUT2D eigenvalue weighted by atomic mass is 32.3. The van der Waals surface area contributed by atoms with Crippen molar-refractivity contribution in [2.45, 2.75) is 73.9 Å². The predicted molar refractivity (Wildman–Crippen MR) is 123 cm³/mol. The number of rotatable bonds is 8. The zero-order valence-corrected chi connectivity index (χ0v) is 20.9. The highest BCUT2D eigenvalue weighted by Crippen LogP contribution is 2.31. The van der Waals surface area contributed by atoms with Gasteiger partial charge in [0.05, 0.1) is 12.7 Å². The number of aliphatic hydroxyl groups excluding tert-OH is 7. The van der Waals surface area contributed by atoms with E-state index in [0.29, 0.717) is 17.3 Å². The lowest BCUT2D eigenvalue weighted by atomic mass is 10.00. The Morgan fingerprint density at radius 3 is 2.19 bits per heavy atom. The van der Waals surface area contributed by atoms with Gasteiger partial charge in [0.25, 0.3) is 10.4 Å². The first-order chi connectivity index (χ1) is 17.3. The molecular formula is C20H28NO14S2-. The summed E-state index contributed by atoms with van der Waals surface area (Å²) in [6.07, 6.45) is -12.7.